The number of benzene rings is 1. The normalized spacial score (nSPS) is 12.2. The first kappa shape index (κ1) is 15.4. The van der Waals surface area contributed by atoms with Gasteiger partial charge in [0.25, 0.3) is 5.91 Å². The van der Waals surface area contributed by atoms with Gasteiger partial charge in [0.05, 0.1) is 18.2 Å². The number of hydrogen-bond acceptors (Lipinski definition) is 2. The highest BCUT2D eigenvalue weighted by Crippen LogP contribution is 2.24. The Balaban J connectivity index is 2.16. The smallest absolute Gasteiger partial charge is 0.268 e. The molecule has 5 heteroatoms. The van der Waals surface area contributed by atoms with Crippen LogP contribution in [0.1, 0.15) is 35.9 Å². The number of methoxy groups -OCH3 is 1. The number of H-pyrrole nitrogens is 1. The van der Waals surface area contributed by atoms with Gasteiger partial charge >= 0.3 is 0 Å². The average Bonchev–Trinajstić information content (AvgIpc) is 2.91. The van der Waals surface area contributed by atoms with E-state index in [1.54, 1.807) is 19.4 Å². The van der Waals surface area contributed by atoms with Crippen LogP contribution in [0.3, 0.4) is 0 Å². The van der Waals surface area contributed by atoms with E-state index in [-0.39, 0.29) is 17.9 Å². The van der Waals surface area contributed by atoms with E-state index in [1.165, 1.54) is 0 Å². The third-order valence-corrected chi connectivity index (χ3v) is 3.54. The summed E-state index contributed by atoms with van der Waals surface area (Å²) in [6.45, 7) is 4.13. The van der Waals surface area contributed by atoms with Crippen LogP contribution in [-0.4, -0.2) is 18.0 Å². The first-order valence-electron chi connectivity index (χ1n) is 6.80. The van der Waals surface area contributed by atoms with Crippen LogP contribution in [0, 0.1) is 5.92 Å². The topological polar surface area (TPSA) is 54.1 Å². The van der Waals surface area contributed by atoms with Crippen molar-refractivity contribution in [1.82, 2.24) is 10.3 Å². The summed E-state index contributed by atoms with van der Waals surface area (Å²) >= 11 is 5.83. The van der Waals surface area contributed by atoms with E-state index in [9.17, 15) is 4.79 Å². The van der Waals surface area contributed by atoms with Crippen LogP contribution in [0.4, 0.5) is 0 Å². The molecule has 112 valence electrons. The quantitative estimate of drug-likeness (QED) is 0.882. The number of aromatic amines is 1. The number of carbonyl (C=O) groups is 1. The molecular weight excluding hydrogens is 288 g/mol. The van der Waals surface area contributed by atoms with E-state index in [1.807, 2.05) is 24.3 Å². The number of hydrogen-bond donors (Lipinski definition) is 2. The maximum Gasteiger partial charge on any atom is 0.268 e. The zero-order chi connectivity index (χ0) is 15.4. The summed E-state index contributed by atoms with van der Waals surface area (Å²) in [6, 6.07) is 9.25. The number of carbonyl (C=O) groups excluding carboxylic acids is 1. The molecule has 1 unspecified atom stereocenters. The number of amides is 1. The van der Waals surface area contributed by atoms with Gasteiger partial charge in [-0.2, -0.15) is 0 Å². The van der Waals surface area contributed by atoms with Crippen molar-refractivity contribution in [3.63, 3.8) is 0 Å². The highest BCUT2D eigenvalue weighted by atomic mass is 35.5. The molecule has 0 saturated carbocycles. The van der Waals surface area contributed by atoms with Crippen molar-refractivity contribution in [3.8, 4) is 5.75 Å². The Bertz CT molecular complexity index is 605. The zero-order valence-corrected chi connectivity index (χ0v) is 13.1. The van der Waals surface area contributed by atoms with E-state index < -0.39 is 0 Å². The average molecular weight is 307 g/mol. The van der Waals surface area contributed by atoms with E-state index in [0.29, 0.717) is 10.7 Å². The minimum Gasteiger partial charge on any atom is -0.497 e. The Hall–Kier alpha value is -1.94. The molecule has 2 aromatic rings. The molecule has 0 aliphatic heterocycles. The van der Waals surface area contributed by atoms with Crippen LogP contribution in [0.25, 0.3) is 0 Å². The van der Waals surface area contributed by atoms with Crippen LogP contribution in [0.5, 0.6) is 5.75 Å². The second kappa shape index (κ2) is 6.68. The SMILES string of the molecule is COc1ccc(C(NC(=O)c2cc(Cl)c[nH]2)C(C)C)cc1. The fourth-order valence-electron chi connectivity index (χ4n) is 2.16. The number of halogens is 1. The lowest BCUT2D eigenvalue weighted by molar-refractivity contribution is 0.0921. The van der Waals surface area contributed by atoms with E-state index in [0.717, 1.165) is 11.3 Å². The molecule has 1 heterocycles. The molecule has 0 aliphatic carbocycles. The molecule has 0 bridgehead atoms. The Morgan fingerprint density at radius 1 is 1.29 bits per heavy atom. The predicted octanol–water partition coefficient (Wildman–Crippen LogP) is 3.80. The minimum atomic E-state index is -0.170. The lowest BCUT2D eigenvalue weighted by Crippen LogP contribution is -2.31. The van der Waals surface area contributed by atoms with Crippen molar-refractivity contribution in [1.29, 1.82) is 0 Å². The van der Waals surface area contributed by atoms with Gasteiger partial charge in [0.2, 0.25) is 0 Å². The Labute approximate surface area is 129 Å². The Kier molecular flexibility index (Phi) is 4.91. The van der Waals surface area contributed by atoms with Gasteiger partial charge in [-0.25, -0.2) is 0 Å². The van der Waals surface area contributed by atoms with Gasteiger partial charge in [-0.3, -0.25) is 4.79 Å². The van der Waals surface area contributed by atoms with Crippen LogP contribution in [0.2, 0.25) is 5.02 Å². The fraction of sp³-hybridized carbons (Fsp3) is 0.312. The van der Waals surface area contributed by atoms with Gasteiger partial charge in [0.15, 0.2) is 0 Å². The van der Waals surface area contributed by atoms with Crippen LogP contribution in [0.15, 0.2) is 36.5 Å². The molecule has 4 nitrogen and oxygen atoms in total. The largest absolute Gasteiger partial charge is 0.497 e. The van der Waals surface area contributed by atoms with Crippen molar-refractivity contribution in [2.24, 2.45) is 5.92 Å². The lowest BCUT2D eigenvalue weighted by atomic mass is 9.96. The number of nitrogens with one attached hydrogen (secondary N) is 2. The second-order valence-electron chi connectivity index (χ2n) is 5.20. The molecule has 21 heavy (non-hydrogen) atoms. The predicted molar refractivity (Wildman–Crippen MR) is 83.8 cm³/mol. The highest BCUT2D eigenvalue weighted by molar-refractivity contribution is 6.30. The summed E-state index contributed by atoms with van der Waals surface area (Å²) in [6.07, 6.45) is 1.59. The molecule has 2 N–H and O–H groups in total. The van der Waals surface area contributed by atoms with Gasteiger partial charge in [-0.05, 0) is 29.7 Å². The molecule has 1 amide bonds. The third kappa shape index (κ3) is 3.79. The van der Waals surface area contributed by atoms with E-state index in [4.69, 9.17) is 16.3 Å². The van der Waals surface area contributed by atoms with Gasteiger partial charge in [-0.1, -0.05) is 37.6 Å². The summed E-state index contributed by atoms with van der Waals surface area (Å²) in [5, 5.41) is 3.55. The molecule has 1 atom stereocenters. The summed E-state index contributed by atoms with van der Waals surface area (Å²) in [5.41, 5.74) is 1.50. The van der Waals surface area contributed by atoms with Gasteiger partial charge in [0.1, 0.15) is 11.4 Å². The first-order valence-corrected chi connectivity index (χ1v) is 7.17. The molecule has 0 fully saturated rings. The summed E-state index contributed by atoms with van der Waals surface area (Å²) in [5.74, 6) is 0.882. The second-order valence-corrected chi connectivity index (χ2v) is 5.64. The molecule has 0 saturated heterocycles. The molecule has 0 spiro atoms. The van der Waals surface area contributed by atoms with Crippen molar-refractivity contribution >= 4 is 17.5 Å². The van der Waals surface area contributed by atoms with Crippen LogP contribution < -0.4 is 10.1 Å². The molecular formula is C16H19ClN2O2. The standard InChI is InChI=1S/C16H19ClN2O2/c1-10(2)15(11-4-6-13(21-3)7-5-11)19-16(20)14-8-12(17)9-18-14/h4-10,15,18H,1-3H3,(H,19,20). The summed E-state index contributed by atoms with van der Waals surface area (Å²) in [4.78, 5) is 15.1. The fourth-order valence-corrected chi connectivity index (χ4v) is 2.33. The highest BCUT2D eigenvalue weighted by Gasteiger charge is 2.20. The van der Waals surface area contributed by atoms with Gasteiger partial charge < -0.3 is 15.0 Å². The first-order chi connectivity index (χ1) is 10.0. The molecule has 0 aliphatic rings. The Morgan fingerprint density at radius 2 is 1.95 bits per heavy atom. The third-order valence-electron chi connectivity index (χ3n) is 3.32. The maximum atomic E-state index is 12.2. The molecule has 0 radical (unpaired) electrons. The Morgan fingerprint density at radius 3 is 2.43 bits per heavy atom. The summed E-state index contributed by atoms with van der Waals surface area (Å²) in [7, 11) is 1.63. The zero-order valence-electron chi connectivity index (χ0n) is 12.3. The maximum absolute atomic E-state index is 12.2. The molecule has 2 rings (SSSR count). The molecule has 1 aromatic carbocycles. The van der Waals surface area contributed by atoms with E-state index >= 15 is 0 Å². The number of aromatic nitrogens is 1. The van der Waals surface area contributed by atoms with E-state index in [2.05, 4.69) is 24.1 Å². The van der Waals surface area contributed by atoms with Gasteiger partial charge in [0, 0.05) is 6.20 Å². The molecule has 1 aromatic heterocycles. The lowest BCUT2D eigenvalue weighted by Gasteiger charge is -2.23. The number of ether oxygens (including phenoxy) is 1. The van der Waals surface area contributed by atoms with Crippen molar-refractivity contribution < 1.29 is 9.53 Å². The van der Waals surface area contributed by atoms with Crippen molar-refractivity contribution in [3.05, 3.63) is 52.8 Å². The van der Waals surface area contributed by atoms with Crippen molar-refractivity contribution in [2.75, 3.05) is 7.11 Å². The number of rotatable bonds is 5. The minimum absolute atomic E-state index is 0.0783. The summed E-state index contributed by atoms with van der Waals surface area (Å²) < 4.78 is 5.16. The monoisotopic (exact) mass is 306 g/mol. The van der Waals surface area contributed by atoms with Crippen LogP contribution >= 0.6 is 11.6 Å². The van der Waals surface area contributed by atoms with Crippen LogP contribution in [-0.2, 0) is 0 Å². The van der Waals surface area contributed by atoms with Crippen molar-refractivity contribution in [2.45, 2.75) is 19.9 Å². The van der Waals surface area contributed by atoms with Gasteiger partial charge in [-0.15, -0.1) is 0 Å².